The summed E-state index contributed by atoms with van der Waals surface area (Å²) in [6.45, 7) is 3.12. The number of hydrogen-bond acceptors (Lipinski definition) is 4. The number of nitrogens with zero attached hydrogens (tertiary/aromatic N) is 4. The summed E-state index contributed by atoms with van der Waals surface area (Å²) >= 11 is 0. The van der Waals surface area contributed by atoms with Crippen LogP contribution in [0.1, 0.15) is 25.7 Å². The van der Waals surface area contributed by atoms with Crippen LogP contribution in [0, 0.1) is 5.92 Å². The van der Waals surface area contributed by atoms with Crippen molar-refractivity contribution >= 4 is 5.91 Å². The highest BCUT2D eigenvalue weighted by Crippen LogP contribution is 2.29. The van der Waals surface area contributed by atoms with Crippen LogP contribution in [0.5, 0.6) is 0 Å². The molecule has 1 aliphatic heterocycles. The average molecular weight is 264 g/mol. The SMILES string of the molecule is O=C(CCn1cncn1)N(CC1CCOC1)C1CC1. The second-order valence-corrected chi connectivity index (χ2v) is 5.42. The first-order valence-corrected chi connectivity index (χ1v) is 7.02. The zero-order valence-electron chi connectivity index (χ0n) is 11.1. The Bertz CT molecular complexity index is 410. The summed E-state index contributed by atoms with van der Waals surface area (Å²) in [6, 6.07) is 0.476. The molecule has 6 nitrogen and oxygen atoms in total. The first kappa shape index (κ1) is 12.6. The van der Waals surface area contributed by atoms with Gasteiger partial charge in [0.05, 0.1) is 13.2 Å². The Labute approximate surface area is 112 Å². The van der Waals surface area contributed by atoms with Gasteiger partial charge in [0, 0.05) is 31.5 Å². The minimum absolute atomic E-state index is 0.241. The van der Waals surface area contributed by atoms with Gasteiger partial charge in [0.15, 0.2) is 0 Å². The first-order valence-electron chi connectivity index (χ1n) is 7.02. The van der Waals surface area contributed by atoms with Gasteiger partial charge in [-0.05, 0) is 19.3 Å². The summed E-state index contributed by atoms with van der Waals surface area (Å²) in [4.78, 5) is 18.3. The molecule has 104 valence electrons. The van der Waals surface area contributed by atoms with Gasteiger partial charge in [-0.1, -0.05) is 0 Å². The molecule has 2 fully saturated rings. The molecule has 0 radical (unpaired) electrons. The fourth-order valence-electron chi connectivity index (χ4n) is 2.55. The van der Waals surface area contributed by atoms with Gasteiger partial charge in [-0.15, -0.1) is 0 Å². The lowest BCUT2D eigenvalue weighted by Gasteiger charge is -2.25. The van der Waals surface area contributed by atoms with Gasteiger partial charge in [-0.2, -0.15) is 5.10 Å². The fraction of sp³-hybridized carbons (Fsp3) is 0.769. The van der Waals surface area contributed by atoms with Crippen molar-refractivity contribution in [2.45, 2.75) is 38.3 Å². The smallest absolute Gasteiger partial charge is 0.224 e. The summed E-state index contributed by atoms with van der Waals surface area (Å²) in [6.07, 6.45) is 7.05. The molecule has 1 aliphatic carbocycles. The van der Waals surface area contributed by atoms with Crippen molar-refractivity contribution in [2.24, 2.45) is 5.92 Å². The van der Waals surface area contributed by atoms with E-state index in [9.17, 15) is 4.79 Å². The summed E-state index contributed by atoms with van der Waals surface area (Å²) < 4.78 is 7.11. The predicted octanol–water partition coefficient (Wildman–Crippen LogP) is 0.696. The summed E-state index contributed by atoms with van der Waals surface area (Å²) in [5.74, 6) is 0.765. The van der Waals surface area contributed by atoms with Gasteiger partial charge in [-0.25, -0.2) is 4.98 Å². The summed E-state index contributed by atoms with van der Waals surface area (Å²) in [7, 11) is 0. The third kappa shape index (κ3) is 3.32. The van der Waals surface area contributed by atoms with Crippen LogP contribution in [0.2, 0.25) is 0 Å². The Balaban J connectivity index is 1.52. The maximum absolute atomic E-state index is 12.3. The van der Waals surface area contributed by atoms with Crippen molar-refractivity contribution in [3.05, 3.63) is 12.7 Å². The van der Waals surface area contributed by atoms with Crippen molar-refractivity contribution in [2.75, 3.05) is 19.8 Å². The number of amides is 1. The van der Waals surface area contributed by atoms with E-state index in [1.807, 2.05) is 0 Å². The normalized spacial score (nSPS) is 22.6. The molecule has 1 aromatic rings. The molecule has 3 rings (SSSR count). The number of hydrogen-bond donors (Lipinski definition) is 0. The van der Waals surface area contributed by atoms with E-state index in [0.29, 0.717) is 24.9 Å². The van der Waals surface area contributed by atoms with Crippen molar-refractivity contribution in [1.29, 1.82) is 0 Å². The van der Waals surface area contributed by atoms with Crippen LogP contribution < -0.4 is 0 Å². The quantitative estimate of drug-likeness (QED) is 0.758. The number of aromatic nitrogens is 3. The first-order chi connectivity index (χ1) is 9.33. The van der Waals surface area contributed by atoms with Crippen LogP contribution in [0.4, 0.5) is 0 Å². The van der Waals surface area contributed by atoms with E-state index >= 15 is 0 Å². The molecular weight excluding hydrogens is 244 g/mol. The number of carbonyl (C=O) groups excluding carboxylic acids is 1. The van der Waals surface area contributed by atoms with Crippen molar-refractivity contribution in [1.82, 2.24) is 19.7 Å². The van der Waals surface area contributed by atoms with E-state index in [1.165, 1.54) is 6.33 Å². The molecule has 2 aliphatic rings. The molecule has 1 saturated carbocycles. The number of aryl methyl sites for hydroxylation is 1. The van der Waals surface area contributed by atoms with Crippen LogP contribution in [0.3, 0.4) is 0 Å². The van der Waals surface area contributed by atoms with Crippen LogP contribution in [0.15, 0.2) is 12.7 Å². The third-order valence-corrected chi connectivity index (χ3v) is 3.81. The molecule has 19 heavy (non-hydrogen) atoms. The second kappa shape index (κ2) is 5.69. The number of rotatable bonds is 6. The van der Waals surface area contributed by atoms with E-state index in [-0.39, 0.29) is 5.91 Å². The van der Waals surface area contributed by atoms with Crippen LogP contribution >= 0.6 is 0 Å². The Morgan fingerprint density at radius 3 is 2.95 bits per heavy atom. The van der Waals surface area contributed by atoms with Crippen LogP contribution in [-0.4, -0.2) is 51.4 Å². The van der Waals surface area contributed by atoms with Gasteiger partial charge in [0.1, 0.15) is 12.7 Å². The van der Waals surface area contributed by atoms with Gasteiger partial charge in [0.2, 0.25) is 5.91 Å². The molecule has 0 N–H and O–H groups in total. The van der Waals surface area contributed by atoms with E-state index in [4.69, 9.17) is 4.74 Å². The molecule has 1 aromatic heterocycles. The zero-order valence-corrected chi connectivity index (χ0v) is 11.1. The van der Waals surface area contributed by atoms with E-state index < -0.39 is 0 Å². The average Bonchev–Trinajstić information content (AvgIpc) is 2.94. The van der Waals surface area contributed by atoms with Crippen molar-refractivity contribution in [3.8, 4) is 0 Å². The van der Waals surface area contributed by atoms with Crippen LogP contribution in [0.25, 0.3) is 0 Å². The highest BCUT2D eigenvalue weighted by molar-refractivity contribution is 5.76. The molecule has 2 heterocycles. The minimum Gasteiger partial charge on any atom is -0.381 e. The molecule has 1 atom stereocenters. The maximum Gasteiger partial charge on any atom is 0.224 e. The van der Waals surface area contributed by atoms with Gasteiger partial charge >= 0.3 is 0 Å². The fourth-order valence-corrected chi connectivity index (χ4v) is 2.55. The molecule has 0 spiro atoms. The molecule has 1 saturated heterocycles. The topological polar surface area (TPSA) is 60.2 Å². The lowest BCUT2D eigenvalue weighted by molar-refractivity contribution is -0.132. The highest BCUT2D eigenvalue weighted by Gasteiger charge is 2.34. The highest BCUT2D eigenvalue weighted by atomic mass is 16.5. The van der Waals surface area contributed by atoms with Crippen molar-refractivity contribution in [3.63, 3.8) is 0 Å². The standard InChI is InChI=1S/C13H20N4O2/c18-13(3-5-16-10-14-9-15-16)17(12-1-2-12)7-11-4-6-19-8-11/h9-12H,1-8H2. The van der Waals surface area contributed by atoms with Crippen molar-refractivity contribution < 1.29 is 9.53 Å². The minimum atomic E-state index is 0.241. The number of carbonyl (C=O) groups is 1. The Kier molecular flexibility index (Phi) is 3.77. The van der Waals surface area contributed by atoms with Gasteiger partial charge in [0.25, 0.3) is 0 Å². The molecule has 0 aromatic carbocycles. The number of ether oxygens (including phenoxy) is 1. The Morgan fingerprint density at radius 1 is 1.42 bits per heavy atom. The lowest BCUT2D eigenvalue weighted by Crippen LogP contribution is -2.37. The molecule has 1 amide bonds. The van der Waals surface area contributed by atoms with Gasteiger partial charge in [-0.3, -0.25) is 9.48 Å². The molecule has 0 bridgehead atoms. The molecule has 1 unspecified atom stereocenters. The van der Waals surface area contributed by atoms with E-state index in [0.717, 1.165) is 39.0 Å². The maximum atomic E-state index is 12.3. The van der Waals surface area contributed by atoms with E-state index in [2.05, 4.69) is 15.0 Å². The Morgan fingerprint density at radius 2 is 2.32 bits per heavy atom. The zero-order chi connectivity index (χ0) is 13.1. The largest absolute Gasteiger partial charge is 0.381 e. The van der Waals surface area contributed by atoms with Gasteiger partial charge < -0.3 is 9.64 Å². The predicted molar refractivity (Wildman–Crippen MR) is 68.3 cm³/mol. The van der Waals surface area contributed by atoms with Crippen LogP contribution in [-0.2, 0) is 16.1 Å². The Hall–Kier alpha value is -1.43. The van der Waals surface area contributed by atoms with E-state index in [1.54, 1.807) is 11.0 Å². The summed E-state index contributed by atoms with van der Waals surface area (Å²) in [5.41, 5.74) is 0. The summed E-state index contributed by atoms with van der Waals surface area (Å²) in [5, 5.41) is 4.03. The molecular formula is C13H20N4O2. The molecule has 6 heteroatoms. The second-order valence-electron chi connectivity index (χ2n) is 5.42. The third-order valence-electron chi connectivity index (χ3n) is 3.81. The monoisotopic (exact) mass is 264 g/mol. The lowest BCUT2D eigenvalue weighted by atomic mass is 10.1.